The summed E-state index contributed by atoms with van der Waals surface area (Å²) in [4.78, 5) is 18.6. The van der Waals surface area contributed by atoms with E-state index in [-0.39, 0.29) is 5.54 Å². The van der Waals surface area contributed by atoms with Crippen LogP contribution in [0.1, 0.15) is 69.7 Å². The molecule has 0 radical (unpaired) electrons. The molecule has 0 amide bonds. The number of carbonyl (C=O) groups is 1. The van der Waals surface area contributed by atoms with Crippen LogP contribution >= 0.6 is 0 Å². The van der Waals surface area contributed by atoms with E-state index in [0.29, 0.717) is 17.3 Å². The van der Waals surface area contributed by atoms with Crippen LogP contribution in [0.3, 0.4) is 0 Å². The van der Waals surface area contributed by atoms with E-state index in [1.807, 2.05) is 18.2 Å². The van der Waals surface area contributed by atoms with Crippen LogP contribution in [0.15, 0.2) is 24.4 Å². The van der Waals surface area contributed by atoms with Crippen molar-refractivity contribution in [2.24, 2.45) is 29.4 Å². The fourth-order valence-electron chi connectivity index (χ4n) is 5.34. The topological polar surface area (TPSA) is 80.5 Å². The monoisotopic (exact) mass is 426 g/mol. The van der Waals surface area contributed by atoms with Crippen molar-refractivity contribution in [3.63, 3.8) is 0 Å². The van der Waals surface area contributed by atoms with E-state index in [1.54, 1.807) is 6.20 Å². The predicted octanol–water partition coefficient (Wildman–Crippen LogP) is 4.57. The highest BCUT2D eigenvalue weighted by Crippen LogP contribution is 2.50. The Morgan fingerprint density at radius 2 is 2.00 bits per heavy atom. The quantitative estimate of drug-likeness (QED) is 0.398. The van der Waals surface area contributed by atoms with E-state index in [0.717, 1.165) is 55.9 Å². The summed E-state index contributed by atoms with van der Waals surface area (Å²) >= 11 is 0. The zero-order valence-corrected chi connectivity index (χ0v) is 19.2. The molecule has 31 heavy (non-hydrogen) atoms. The summed E-state index contributed by atoms with van der Waals surface area (Å²) in [5.41, 5.74) is 6.71. The van der Waals surface area contributed by atoms with Crippen molar-refractivity contribution in [1.29, 1.82) is 0 Å². The molecule has 1 aromatic rings. The molecule has 3 aliphatic rings. The molecule has 1 saturated heterocycles. The van der Waals surface area contributed by atoms with E-state index in [2.05, 4.69) is 31.0 Å². The number of nitrogens with one attached hydrogen (secondary N) is 1. The number of carbonyl (C=O) groups excluding carboxylic acids is 1. The van der Waals surface area contributed by atoms with Gasteiger partial charge in [-0.1, -0.05) is 6.92 Å². The molecule has 6 nitrogen and oxygen atoms in total. The lowest BCUT2D eigenvalue weighted by Gasteiger charge is -2.33. The van der Waals surface area contributed by atoms with Gasteiger partial charge in [-0.05, 0) is 94.3 Å². The second-order valence-corrected chi connectivity index (χ2v) is 10.4. The van der Waals surface area contributed by atoms with Crippen LogP contribution < -0.4 is 16.0 Å². The van der Waals surface area contributed by atoms with Crippen molar-refractivity contribution in [3.8, 4) is 0 Å². The predicted molar refractivity (Wildman–Crippen MR) is 125 cm³/mol. The zero-order valence-electron chi connectivity index (χ0n) is 19.2. The number of hydrogen-bond donors (Lipinski definition) is 2. The Bertz CT molecular complexity index is 789. The normalized spacial score (nSPS) is 24.2. The van der Waals surface area contributed by atoms with Crippen molar-refractivity contribution in [1.82, 2.24) is 4.98 Å². The first-order chi connectivity index (χ1) is 14.9. The van der Waals surface area contributed by atoms with E-state index in [4.69, 9.17) is 15.5 Å². The van der Waals surface area contributed by atoms with Gasteiger partial charge in [0, 0.05) is 24.9 Å². The van der Waals surface area contributed by atoms with Gasteiger partial charge in [-0.15, -0.1) is 0 Å². The SMILES string of the molecule is C[C@@H]1CN(c2nc(N/C=C\C(N)OCCC(C3CC3)C3CC3)ccc2C=O)C(C)(C)C1. The van der Waals surface area contributed by atoms with Crippen LogP contribution in [0.4, 0.5) is 11.6 Å². The van der Waals surface area contributed by atoms with Crippen molar-refractivity contribution in [2.75, 3.05) is 23.4 Å². The average Bonchev–Trinajstić information content (AvgIpc) is 3.63. The van der Waals surface area contributed by atoms with Gasteiger partial charge in [-0.25, -0.2) is 4.98 Å². The van der Waals surface area contributed by atoms with E-state index in [1.165, 1.54) is 25.7 Å². The molecule has 1 aliphatic heterocycles. The molecule has 1 unspecified atom stereocenters. The second kappa shape index (κ2) is 9.29. The molecule has 2 saturated carbocycles. The van der Waals surface area contributed by atoms with Crippen molar-refractivity contribution < 1.29 is 9.53 Å². The molecule has 1 aromatic heterocycles. The molecule has 0 bridgehead atoms. The standard InChI is InChI=1S/C25H38N4O2/c1-17-14-25(2,3)29(15-17)24-20(16-30)8-9-23(28-24)27-12-10-22(26)31-13-11-21(18-4-5-18)19-6-7-19/h8-10,12,16-19,21-22H,4-7,11,13-15,26H2,1-3H3,(H,27,28)/b12-10-/t17-,22?/m0/s1. The third kappa shape index (κ3) is 5.66. The molecule has 0 spiro atoms. The molecule has 4 rings (SSSR count). The van der Waals surface area contributed by atoms with E-state index in [9.17, 15) is 4.79 Å². The zero-order chi connectivity index (χ0) is 22.0. The summed E-state index contributed by atoms with van der Waals surface area (Å²) in [5.74, 6) is 4.76. The molecule has 2 heterocycles. The Morgan fingerprint density at radius 3 is 2.58 bits per heavy atom. The number of nitrogens with zero attached hydrogens (tertiary/aromatic N) is 2. The number of anilines is 2. The number of pyridine rings is 1. The first kappa shape index (κ1) is 22.3. The highest BCUT2D eigenvalue weighted by atomic mass is 16.5. The third-order valence-electron chi connectivity index (χ3n) is 7.09. The van der Waals surface area contributed by atoms with Gasteiger partial charge >= 0.3 is 0 Å². The molecular weight excluding hydrogens is 388 g/mol. The van der Waals surface area contributed by atoms with Gasteiger partial charge in [0.05, 0.1) is 5.56 Å². The van der Waals surface area contributed by atoms with Crippen LogP contribution in [0.2, 0.25) is 0 Å². The molecule has 3 N–H and O–H groups in total. The molecule has 2 atom stereocenters. The van der Waals surface area contributed by atoms with Gasteiger partial charge < -0.3 is 20.7 Å². The fourth-order valence-corrected chi connectivity index (χ4v) is 5.34. The number of aromatic nitrogens is 1. The molecule has 6 heteroatoms. The highest BCUT2D eigenvalue weighted by Gasteiger charge is 2.41. The first-order valence-corrected chi connectivity index (χ1v) is 11.9. The van der Waals surface area contributed by atoms with Crippen LogP contribution in [0, 0.1) is 23.7 Å². The summed E-state index contributed by atoms with van der Waals surface area (Å²) in [7, 11) is 0. The summed E-state index contributed by atoms with van der Waals surface area (Å²) in [6, 6.07) is 3.66. The number of ether oxygens (including phenoxy) is 1. The molecular formula is C25H38N4O2. The maximum atomic E-state index is 11.6. The molecule has 2 aliphatic carbocycles. The summed E-state index contributed by atoms with van der Waals surface area (Å²) in [5, 5.41) is 3.19. The van der Waals surface area contributed by atoms with Crippen LogP contribution in [-0.2, 0) is 4.74 Å². The molecule has 0 aromatic carbocycles. The smallest absolute Gasteiger partial charge is 0.153 e. The number of hydrogen-bond acceptors (Lipinski definition) is 6. The fraction of sp³-hybridized carbons (Fsp3) is 0.680. The van der Waals surface area contributed by atoms with Gasteiger partial charge in [-0.2, -0.15) is 0 Å². The van der Waals surface area contributed by atoms with Crippen molar-refractivity contribution >= 4 is 17.9 Å². The van der Waals surface area contributed by atoms with Gasteiger partial charge in [0.1, 0.15) is 17.9 Å². The first-order valence-electron chi connectivity index (χ1n) is 11.9. The molecule has 3 fully saturated rings. The third-order valence-corrected chi connectivity index (χ3v) is 7.09. The Morgan fingerprint density at radius 1 is 1.29 bits per heavy atom. The van der Waals surface area contributed by atoms with E-state index < -0.39 is 6.23 Å². The highest BCUT2D eigenvalue weighted by molar-refractivity contribution is 5.84. The van der Waals surface area contributed by atoms with Gasteiger partial charge in [0.15, 0.2) is 6.29 Å². The van der Waals surface area contributed by atoms with Gasteiger partial charge in [-0.3, -0.25) is 4.79 Å². The Kier molecular flexibility index (Phi) is 6.68. The minimum Gasteiger partial charge on any atom is -0.360 e. The maximum Gasteiger partial charge on any atom is 0.153 e. The van der Waals surface area contributed by atoms with Crippen molar-refractivity contribution in [2.45, 2.75) is 71.1 Å². The maximum absolute atomic E-state index is 11.6. The van der Waals surface area contributed by atoms with Crippen LogP contribution in [0.5, 0.6) is 0 Å². The number of aldehydes is 1. The Balaban J connectivity index is 1.30. The lowest BCUT2D eigenvalue weighted by atomic mass is 9.95. The van der Waals surface area contributed by atoms with Crippen molar-refractivity contribution in [3.05, 3.63) is 30.0 Å². The Hall–Kier alpha value is -1.92. The van der Waals surface area contributed by atoms with E-state index >= 15 is 0 Å². The Labute approximate surface area is 186 Å². The average molecular weight is 427 g/mol. The van der Waals surface area contributed by atoms with Crippen LogP contribution in [0.25, 0.3) is 0 Å². The lowest BCUT2D eigenvalue weighted by Crippen LogP contribution is -2.39. The largest absolute Gasteiger partial charge is 0.360 e. The number of rotatable bonds is 11. The lowest BCUT2D eigenvalue weighted by molar-refractivity contribution is 0.0737. The number of nitrogens with two attached hydrogens (primary N) is 1. The molecule has 170 valence electrons. The van der Waals surface area contributed by atoms with Gasteiger partial charge in [0.2, 0.25) is 0 Å². The minimum absolute atomic E-state index is 0.0202. The minimum atomic E-state index is -0.432. The van der Waals surface area contributed by atoms with Crippen LogP contribution in [-0.4, -0.2) is 36.2 Å². The summed E-state index contributed by atoms with van der Waals surface area (Å²) in [6.45, 7) is 8.29. The summed E-state index contributed by atoms with van der Waals surface area (Å²) < 4.78 is 5.82. The summed E-state index contributed by atoms with van der Waals surface area (Å²) in [6.07, 6.45) is 11.9. The van der Waals surface area contributed by atoms with Gasteiger partial charge in [0.25, 0.3) is 0 Å². The second-order valence-electron chi connectivity index (χ2n) is 10.4.